The third-order valence-electron chi connectivity index (χ3n) is 4.45. The molecule has 4 rings (SSSR count). The summed E-state index contributed by atoms with van der Waals surface area (Å²) in [5, 5.41) is 9.29. The number of hydrogen-bond donors (Lipinski definition) is 0. The van der Waals surface area contributed by atoms with Gasteiger partial charge in [-0.25, -0.2) is 9.97 Å². The maximum absolute atomic E-state index is 12.5. The van der Waals surface area contributed by atoms with Gasteiger partial charge >= 0.3 is 0 Å². The van der Waals surface area contributed by atoms with E-state index in [0.717, 1.165) is 18.5 Å². The number of aromatic nitrogens is 2. The molecule has 8 heteroatoms. The standard InChI is InChI=1S/C16H17N5O2S/c1-10-13(24-9-18-10)15(22)20-4-6-21(7-5-20)16-12(8-17)19-14(23-16)11-2-3-11/h9,11H,2-7H2,1H3. The molecule has 0 unspecified atom stereocenters. The van der Waals surface area contributed by atoms with Gasteiger partial charge in [0.25, 0.3) is 5.91 Å². The van der Waals surface area contributed by atoms with E-state index in [-0.39, 0.29) is 5.91 Å². The third-order valence-corrected chi connectivity index (χ3v) is 5.37. The van der Waals surface area contributed by atoms with Gasteiger partial charge < -0.3 is 14.2 Å². The first-order valence-electron chi connectivity index (χ1n) is 8.02. The van der Waals surface area contributed by atoms with Crippen molar-refractivity contribution in [1.29, 1.82) is 5.26 Å². The molecule has 1 aliphatic heterocycles. The summed E-state index contributed by atoms with van der Waals surface area (Å²) in [5.41, 5.74) is 2.84. The van der Waals surface area contributed by atoms with Crippen molar-refractivity contribution >= 4 is 23.1 Å². The van der Waals surface area contributed by atoms with Gasteiger partial charge in [0.05, 0.1) is 11.2 Å². The molecule has 1 amide bonds. The molecule has 1 aliphatic carbocycles. The second-order valence-electron chi connectivity index (χ2n) is 6.14. The minimum Gasteiger partial charge on any atom is -0.423 e. The SMILES string of the molecule is Cc1ncsc1C(=O)N1CCN(c2oc(C3CC3)nc2C#N)CC1. The average molecular weight is 343 g/mol. The van der Waals surface area contributed by atoms with Crippen LogP contribution in [0.3, 0.4) is 0 Å². The number of rotatable bonds is 3. The van der Waals surface area contributed by atoms with Gasteiger partial charge in [0.1, 0.15) is 10.9 Å². The molecule has 0 bridgehead atoms. The lowest BCUT2D eigenvalue weighted by Gasteiger charge is -2.34. The number of nitriles is 1. The molecule has 124 valence electrons. The normalized spacial score (nSPS) is 17.8. The van der Waals surface area contributed by atoms with E-state index in [1.807, 2.05) is 16.7 Å². The fourth-order valence-corrected chi connectivity index (χ4v) is 3.65. The lowest BCUT2D eigenvalue weighted by Crippen LogP contribution is -2.48. The van der Waals surface area contributed by atoms with E-state index in [4.69, 9.17) is 4.42 Å². The van der Waals surface area contributed by atoms with Crippen molar-refractivity contribution in [3.8, 4) is 6.07 Å². The first kappa shape index (κ1) is 15.1. The van der Waals surface area contributed by atoms with Gasteiger partial charge in [-0.15, -0.1) is 11.3 Å². The summed E-state index contributed by atoms with van der Waals surface area (Å²) in [7, 11) is 0. The molecule has 2 fully saturated rings. The Morgan fingerprint density at radius 3 is 2.71 bits per heavy atom. The molecule has 2 aromatic rings. The van der Waals surface area contributed by atoms with Crippen molar-refractivity contribution in [3.63, 3.8) is 0 Å². The number of carbonyl (C=O) groups is 1. The first-order chi connectivity index (χ1) is 11.7. The number of oxazole rings is 1. The van der Waals surface area contributed by atoms with E-state index in [1.54, 1.807) is 5.51 Å². The van der Waals surface area contributed by atoms with Gasteiger partial charge in [-0.3, -0.25) is 4.79 Å². The molecule has 0 N–H and O–H groups in total. The summed E-state index contributed by atoms with van der Waals surface area (Å²) >= 11 is 1.38. The van der Waals surface area contributed by atoms with Crippen LogP contribution in [0.4, 0.5) is 5.88 Å². The molecule has 24 heavy (non-hydrogen) atoms. The molecule has 0 radical (unpaired) electrons. The monoisotopic (exact) mass is 343 g/mol. The third kappa shape index (κ3) is 2.65. The van der Waals surface area contributed by atoms with Gasteiger partial charge in [-0.2, -0.15) is 5.26 Å². The maximum atomic E-state index is 12.5. The second kappa shape index (κ2) is 5.91. The van der Waals surface area contributed by atoms with E-state index < -0.39 is 0 Å². The zero-order chi connectivity index (χ0) is 16.7. The highest BCUT2D eigenvalue weighted by atomic mass is 32.1. The zero-order valence-corrected chi connectivity index (χ0v) is 14.2. The van der Waals surface area contributed by atoms with Crippen LogP contribution in [-0.4, -0.2) is 47.0 Å². The fourth-order valence-electron chi connectivity index (χ4n) is 2.88. The molecule has 0 spiro atoms. The van der Waals surface area contributed by atoms with Gasteiger partial charge in [-0.05, 0) is 19.8 Å². The predicted molar refractivity (Wildman–Crippen MR) is 88.2 cm³/mol. The smallest absolute Gasteiger partial charge is 0.265 e. The van der Waals surface area contributed by atoms with Crippen LogP contribution in [0.25, 0.3) is 0 Å². The van der Waals surface area contributed by atoms with Crippen LogP contribution in [0.2, 0.25) is 0 Å². The molecule has 2 aromatic heterocycles. The second-order valence-corrected chi connectivity index (χ2v) is 6.99. The molecule has 0 atom stereocenters. The van der Waals surface area contributed by atoms with Crippen LogP contribution >= 0.6 is 11.3 Å². The van der Waals surface area contributed by atoms with E-state index in [2.05, 4.69) is 16.0 Å². The molecular weight excluding hydrogens is 326 g/mol. The Labute approximate surface area is 143 Å². The quantitative estimate of drug-likeness (QED) is 0.849. The van der Waals surface area contributed by atoms with Gasteiger partial charge in [0, 0.05) is 32.1 Å². The topological polar surface area (TPSA) is 86.3 Å². The van der Waals surface area contributed by atoms with Gasteiger partial charge in [-0.1, -0.05) is 0 Å². The number of aryl methyl sites for hydroxylation is 1. The van der Waals surface area contributed by atoms with Crippen LogP contribution in [0.5, 0.6) is 0 Å². The molecule has 2 aliphatic rings. The Morgan fingerprint density at radius 1 is 1.38 bits per heavy atom. The van der Waals surface area contributed by atoms with Crippen LogP contribution in [-0.2, 0) is 0 Å². The summed E-state index contributed by atoms with van der Waals surface area (Å²) in [6.07, 6.45) is 2.17. The minimum atomic E-state index is 0.0337. The number of amides is 1. The summed E-state index contributed by atoms with van der Waals surface area (Å²) in [5.74, 6) is 1.65. The summed E-state index contributed by atoms with van der Waals surface area (Å²) in [6.45, 7) is 4.32. The van der Waals surface area contributed by atoms with Crippen LogP contribution < -0.4 is 4.90 Å². The van der Waals surface area contributed by atoms with E-state index in [1.165, 1.54) is 11.3 Å². The van der Waals surface area contributed by atoms with Gasteiger partial charge in [0.2, 0.25) is 17.5 Å². The van der Waals surface area contributed by atoms with Crippen LogP contribution in [0.1, 0.15) is 45.7 Å². The van der Waals surface area contributed by atoms with Crippen LogP contribution in [0, 0.1) is 18.3 Å². The Bertz CT molecular complexity index is 809. The van der Waals surface area contributed by atoms with Crippen molar-refractivity contribution in [1.82, 2.24) is 14.9 Å². The molecular formula is C16H17N5O2S. The highest BCUT2D eigenvalue weighted by molar-refractivity contribution is 7.11. The zero-order valence-electron chi connectivity index (χ0n) is 13.4. The lowest BCUT2D eigenvalue weighted by molar-refractivity contribution is 0.0749. The van der Waals surface area contributed by atoms with E-state index >= 15 is 0 Å². The van der Waals surface area contributed by atoms with Crippen molar-refractivity contribution in [2.45, 2.75) is 25.7 Å². The Hall–Kier alpha value is -2.40. The Balaban J connectivity index is 1.46. The summed E-state index contributed by atoms with van der Waals surface area (Å²) in [4.78, 5) is 25.6. The molecule has 1 saturated carbocycles. The number of carbonyl (C=O) groups excluding carboxylic acids is 1. The molecule has 1 saturated heterocycles. The number of piperazine rings is 1. The minimum absolute atomic E-state index is 0.0337. The molecule has 0 aromatic carbocycles. The van der Waals surface area contributed by atoms with Crippen LogP contribution in [0.15, 0.2) is 9.93 Å². The largest absolute Gasteiger partial charge is 0.423 e. The van der Waals surface area contributed by atoms with E-state index in [9.17, 15) is 10.1 Å². The first-order valence-corrected chi connectivity index (χ1v) is 8.90. The fraction of sp³-hybridized carbons (Fsp3) is 0.500. The van der Waals surface area contributed by atoms with E-state index in [0.29, 0.717) is 54.4 Å². The van der Waals surface area contributed by atoms with Crippen molar-refractivity contribution in [3.05, 3.63) is 27.7 Å². The number of anilines is 1. The summed E-state index contributed by atoms with van der Waals surface area (Å²) < 4.78 is 5.84. The predicted octanol–water partition coefficient (Wildman–Crippen LogP) is 2.15. The van der Waals surface area contributed by atoms with Crippen molar-refractivity contribution in [2.75, 3.05) is 31.1 Å². The van der Waals surface area contributed by atoms with Gasteiger partial charge in [0.15, 0.2) is 0 Å². The Kier molecular flexibility index (Phi) is 3.73. The van der Waals surface area contributed by atoms with Crippen molar-refractivity contribution < 1.29 is 9.21 Å². The average Bonchev–Trinajstić information content (AvgIpc) is 3.23. The summed E-state index contributed by atoms with van der Waals surface area (Å²) in [6, 6.07) is 2.13. The highest BCUT2D eigenvalue weighted by Gasteiger charge is 2.33. The van der Waals surface area contributed by atoms with Crippen molar-refractivity contribution in [2.24, 2.45) is 0 Å². The molecule has 7 nitrogen and oxygen atoms in total. The number of hydrogen-bond acceptors (Lipinski definition) is 7. The lowest BCUT2D eigenvalue weighted by atomic mass is 10.2. The number of nitrogens with zero attached hydrogens (tertiary/aromatic N) is 5. The maximum Gasteiger partial charge on any atom is 0.265 e. The highest BCUT2D eigenvalue weighted by Crippen LogP contribution is 2.41. The Morgan fingerprint density at radius 2 is 2.12 bits per heavy atom. The molecule has 3 heterocycles. The number of thiazole rings is 1.